The van der Waals surface area contributed by atoms with Crippen molar-refractivity contribution in [3.63, 3.8) is 0 Å². The predicted molar refractivity (Wildman–Crippen MR) is 102 cm³/mol. The van der Waals surface area contributed by atoms with Gasteiger partial charge in [-0.1, -0.05) is 5.21 Å². The molecule has 13 heteroatoms. The molecule has 2 fully saturated rings. The summed E-state index contributed by atoms with van der Waals surface area (Å²) in [6, 6.07) is -0.970. The minimum atomic E-state index is -1.32. The van der Waals surface area contributed by atoms with Gasteiger partial charge in [-0.25, -0.2) is 14.3 Å². The first-order valence-corrected chi connectivity index (χ1v) is 10.2. The van der Waals surface area contributed by atoms with E-state index in [2.05, 4.69) is 10.3 Å². The van der Waals surface area contributed by atoms with Crippen molar-refractivity contribution in [2.45, 2.75) is 71.0 Å². The largest absolute Gasteiger partial charge is 0.463 e. The second-order valence-electron chi connectivity index (χ2n) is 7.60. The van der Waals surface area contributed by atoms with Crippen molar-refractivity contribution in [1.82, 2.24) is 15.0 Å². The molecule has 2 aliphatic rings. The predicted octanol–water partition coefficient (Wildman–Crippen LogP) is -0.0270. The van der Waals surface area contributed by atoms with E-state index in [-0.39, 0.29) is 31.2 Å². The summed E-state index contributed by atoms with van der Waals surface area (Å²) in [4.78, 5) is 36.3. The molecule has 2 aliphatic heterocycles. The quantitative estimate of drug-likeness (QED) is 0.411. The van der Waals surface area contributed by atoms with Crippen molar-refractivity contribution in [3.05, 3.63) is 11.4 Å². The summed E-state index contributed by atoms with van der Waals surface area (Å²) in [6.07, 6.45) is -4.15. The third-order valence-corrected chi connectivity index (χ3v) is 4.80. The molecule has 3 rings (SSSR count). The SMILES string of the molecule is CCOC(=O)c1nnn([C@@H]2[C@H]3OC(C)(C)O[C@H]3O[C@@H]2[C@H](O)COC(C)=O)c1C(=O)OCC. The van der Waals surface area contributed by atoms with Crippen LogP contribution in [0.25, 0.3) is 0 Å². The molecule has 1 aromatic heterocycles. The molecule has 0 spiro atoms. The molecule has 3 heterocycles. The minimum absolute atomic E-state index is 0.0324. The van der Waals surface area contributed by atoms with Crippen LogP contribution in [0.3, 0.4) is 0 Å². The lowest BCUT2D eigenvalue weighted by atomic mass is 10.0. The molecule has 5 atom stereocenters. The van der Waals surface area contributed by atoms with Crippen LogP contribution in [-0.2, 0) is 33.2 Å². The summed E-state index contributed by atoms with van der Waals surface area (Å²) >= 11 is 0. The number of carbonyl (C=O) groups excluding carboxylic acids is 3. The third-order valence-electron chi connectivity index (χ3n) is 4.80. The van der Waals surface area contributed by atoms with Gasteiger partial charge in [0.2, 0.25) is 5.69 Å². The Bertz CT molecular complexity index is 870. The molecule has 0 saturated carbocycles. The van der Waals surface area contributed by atoms with Crippen molar-refractivity contribution >= 4 is 17.9 Å². The van der Waals surface area contributed by atoms with Crippen LogP contribution in [0.5, 0.6) is 0 Å². The lowest BCUT2D eigenvalue weighted by molar-refractivity contribution is -0.221. The summed E-state index contributed by atoms with van der Waals surface area (Å²) < 4.78 is 33.6. The van der Waals surface area contributed by atoms with E-state index in [1.54, 1.807) is 27.7 Å². The van der Waals surface area contributed by atoms with E-state index < -0.39 is 54.3 Å². The fraction of sp³-hybridized carbons (Fsp3) is 0.737. The van der Waals surface area contributed by atoms with E-state index in [1.807, 2.05) is 0 Å². The van der Waals surface area contributed by atoms with Crippen molar-refractivity contribution in [2.75, 3.05) is 19.8 Å². The lowest BCUT2D eigenvalue weighted by Gasteiger charge is -2.28. The Balaban J connectivity index is 2.04. The Morgan fingerprint density at radius 2 is 1.78 bits per heavy atom. The van der Waals surface area contributed by atoms with Crippen molar-refractivity contribution in [2.24, 2.45) is 0 Å². The summed E-state index contributed by atoms with van der Waals surface area (Å²) in [5, 5.41) is 18.5. The fourth-order valence-corrected chi connectivity index (χ4v) is 3.64. The molecule has 0 aromatic carbocycles. The maximum absolute atomic E-state index is 12.7. The Morgan fingerprint density at radius 1 is 1.12 bits per heavy atom. The monoisotopic (exact) mass is 457 g/mol. The van der Waals surface area contributed by atoms with Crippen LogP contribution in [0.4, 0.5) is 0 Å². The minimum Gasteiger partial charge on any atom is -0.463 e. The molecular weight excluding hydrogens is 430 g/mol. The number of rotatable bonds is 8. The fourth-order valence-electron chi connectivity index (χ4n) is 3.64. The summed E-state index contributed by atoms with van der Waals surface area (Å²) in [6.45, 7) is 7.46. The number of carbonyl (C=O) groups is 3. The van der Waals surface area contributed by atoms with Crippen LogP contribution < -0.4 is 0 Å². The van der Waals surface area contributed by atoms with Crippen LogP contribution in [0.2, 0.25) is 0 Å². The maximum Gasteiger partial charge on any atom is 0.361 e. The van der Waals surface area contributed by atoms with Gasteiger partial charge in [-0.2, -0.15) is 0 Å². The van der Waals surface area contributed by atoms with Gasteiger partial charge in [-0.15, -0.1) is 5.10 Å². The first-order valence-electron chi connectivity index (χ1n) is 10.2. The molecule has 178 valence electrons. The molecule has 1 aromatic rings. The van der Waals surface area contributed by atoms with E-state index >= 15 is 0 Å². The van der Waals surface area contributed by atoms with Crippen LogP contribution in [0, 0.1) is 0 Å². The van der Waals surface area contributed by atoms with Gasteiger partial charge in [0.05, 0.1) is 13.2 Å². The standard InChI is InChI=1S/C19H27N3O10/c1-6-27-16(25)11-12(17(26)28-7-2)22(21-20-11)13-14(10(24)8-29-9(3)23)30-18-15(13)31-19(4,5)32-18/h10,13-15,18,24H,6-8H2,1-5H3/t10-,13+,14-,15-,18-/m1/s1. The van der Waals surface area contributed by atoms with Crippen molar-refractivity contribution in [1.29, 1.82) is 0 Å². The number of aliphatic hydroxyl groups is 1. The molecule has 2 saturated heterocycles. The van der Waals surface area contributed by atoms with Gasteiger partial charge in [0.15, 0.2) is 17.8 Å². The molecule has 0 radical (unpaired) electrons. The Labute approximate surface area is 183 Å². The highest BCUT2D eigenvalue weighted by molar-refractivity contribution is 6.00. The smallest absolute Gasteiger partial charge is 0.361 e. The van der Waals surface area contributed by atoms with Crippen LogP contribution in [0.15, 0.2) is 0 Å². The van der Waals surface area contributed by atoms with Crippen LogP contribution >= 0.6 is 0 Å². The van der Waals surface area contributed by atoms with E-state index in [9.17, 15) is 19.5 Å². The second kappa shape index (κ2) is 9.48. The van der Waals surface area contributed by atoms with Gasteiger partial charge in [0, 0.05) is 6.92 Å². The molecule has 32 heavy (non-hydrogen) atoms. The highest BCUT2D eigenvalue weighted by atomic mass is 16.8. The number of aromatic nitrogens is 3. The van der Waals surface area contributed by atoms with E-state index in [1.165, 1.54) is 6.92 Å². The molecule has 13 nitrogen and oxygen atoms in total. The summed E-state index contributed by atoms with van der Waals surface area (Å²) in [5.41, 5.74) is -0.627. The number of hydrogen-bond acceptors (Lipinski definition) is 12. The average molecular weight is 457 g/mol. The summed E-state index contributed by atoms with van der Waals surface area (Å²) in [5.74, 6) is -3.34. The first-order chi connectivity index (χ1) is 15.1. The zero-order valence-corrected chi connectivity index (χ0v) is 18.5. The zero-order valence-electron chi connectivity index (χ0n) is 18.5. The first kappa shape index (κ1) is 24.0. The number of aliphatic hydroxyl groups excluding tert-OH is 1. The van der Waals surface area contributed by atoms with Gasteiger partial charge in [0.25, 0.3) is 0 Å². The van der Waals surface area contributed by atoms with E-state index in [0.29, 0.717) is 0 Å². The average Bonchev–Trinajstić information content (AvgIpc) is 3.35. The molecule has 0 unspecified atom stereocenters. The van der Waals surface area contributed by atoms with E-state index in [4.69, 9.17) is 28.4 Å². The molecule has 0 bridgehead atoms. The number of esters is 3. The molecule has 0 aliphatic carbocycles. The highest BCUT2D eigenvalue weighted by Crippen LogP contribution is 2.44. The van der Waals surface area contributed by atoms with Crippen LogP contribution in [0.1, 0.15) is 61.6 Å². The highest BCUT2D eigenvalue weighted by Gasteiger charge is 2.58. The molecular formula is C19H27N3O10. The Morgan fingerprint density at radius 3 is 2.41 bits per heavy atom. The Hall–Kier alpha value is -2.61. The number of fused-ring (bicyclic) bond motifs is 1. The second-order valence-corrected chi connectivity index (χ2v) is 7.60. The zero-order chi connectivity index (χ0) is 23.6. The topological polar surface area (TPSA) is 158 Å². The van der Waals surface area contributed by atoms with Gasteiger partial charge >= 0.3 is 17.9 Å². The van der Waals surface area contributed by atoms with Gasteiger partial charge in [-0.3, -0.25) is 4.79 Å². The van der Waals surface area contributed by atoms with Crippen molar-refractivity contribution < 1.29 is 47.9 Å². The molecule has 0 amide bonds. The third kappa shape index (κ3) is 4.75. The number of nitrogens with zero attached hydrogens (tertiary/aromatic N) is 3. The number of ether oxygens (including phenoxy) is 6. The lowest BCUT2D eigenvalue weighted by Crippen LogP contribution is -2.42. The number of hydrogen-bond donors (Lipinski definition) is 1. The van der Waals surface area contributed by atoms with Crippen molar-refractivity contribution in [3.8, 4) is 0 Å². The maximum atomic E-state index is 12.7. The van der Waals surface area contributed by atoms with Gasteiger partial charge < -0.3 is 33.5 Å². The van der Waals surface area contributed by atoms with Crippen LogP contribution in [-0.4, -0.2) is 88.2 Å². The normalized spacial score (nSPS) is 26.9. The van der Waals surface area contributed by atoms with Gasteiger partial charge in [0.1, 0.15) is 31.0 Å². The summed E-state index contributed by atoms with van der Waals surface area (Å²) in [7, 11) is 0. The molecule has 1 N–H and O–H groups in total. The van der Waals surface area contributed by atoms with E-state index in [0.717, 1.165) is 4.68 Å². The van der Waals surface area contributed by atoms with Gasteiger partial charge in [-0.05, 0) is 27.7 Å². The Kier molecular flexibility index (Phi) is 7.12.